The molecule has 1 aliphatic heterocycles. The standard InChI is InChI=1S/C22H30N2O3/c1-24(2)12-7-13-27-21-15-18-16(14-20(21)26-4)10-11-23-22(18)17-8-5-6-9-19(17)25-3/h5-6,8-9,14-15,22-23H,7,10-13H2,1-4H3. The fourth-order valence-corrected chi connectivity index (χ4v) is 3.58. The van der Waals surface area contributed by atoms with Crippen LogP contribution in [0.1, 0.15) is 29.2 Å². The summed E-state index contributed by atoms with van der Waals surface area (Å²) in [6.45, 7) is 2.58. The van der Waals surface area contributed by atoms with Gasteiger partial charge in [0.2, 0.25) is 0 Å². The number of fused-ring (bicyclic) bond motifs is 1. The fraction of sp³-hybridized carbons (Fsp3) is 0.455. The van der Waals surface area contributed by atoms with E-state index in [9.17, 15) is 0 Å². The maximum Gasteiger partial charge on any atom is 0.161 e. The van der Waals surface area contributed by atoms with Crippen LogP contribution in [0.2, 0.25) is 0 Å². The SMILES string of the molecule is COc1cc2c(cc1OCCCN(C)C)C(c1ccccc1OC)NCC2. The topological polar surface area (TPSA) is 43.0 Å². The van der Waals surface area contributed by atoms with E-state index < -0.39 is 0 Å². The van der Waals surface area contributed by atoms with Gasteiger partial charge in [-0.2, -0.15) is 0 Å². The molecule has 2 aromatic carbocycles. The van der Waals surface area contributed by atoms with Crippen molar-refractivity contribution in [3.05, 3.63) is 53.1 Å². The number of methoxy groups -OCH3 is 2. The van der Waals surface area contributed by atoms with Crippen molar-refractivity contribution in [2.45, 2.75) is 18.9 Å². The third kappa shape index (κ3) is 4.54. The Morgan fingerprint density at radius 3 is 2.52 bits per heavy atom. The average molecular weight is 370 g/mol. The highest BCUT2D eigenvalue weighted by Crippen LogP contribution is 2.39. The highest BCUT2D eigenvalue weighted by Gasteiger charge is 2.26. The second kappa shape index (κ2) is 9.11. The predicted octanol–water partition coefficient (Wildman–Crippen LogP) is 3.27. The third-order valence-corrected chi connectivity index (χ3v) is 4.94. The molecule has 0 saturated heterocycles. The smallest absolute Gasteiger partial charge is 0.161 e. The van der Waals surface area contributed by atoms with Gasteiger partial charge in [-0.25, -0.2) is 0 Å². The van der Waals surface area contributed by atoms with E-state index in [1.165, 1.54) is 11.1 Å². The lowest BCUT2D eigenvalue weighted by Gasteiger charge is -2.29. The van der Waals surface area contributed by atoms with E-state index in [-0.39, 0.29) is 6.04 Å². The van der Waals surface area contributed by atoms with Crippen LogP contribution in [-0.2, 0) is 6.42 Å². The zero-order chi connectivity index (χ0) is 19.2. The molecule has 0 bridgehead atoms. The predicted molar refractivity (Wildman–Crippen MR) is 108 cm³/mol. The molecule has 0 saturated carbocycles. The minimum atomic E-state index is 0.0833. The van der Waals surface area contributed by atoms with E-state index in [2.05, 4.69) is 48.6 Å². The van der Waals surface area contributed by atoms with Crippen LogP contribution >= 0.6 is 0 Å². The first-order valence-electron chi connectivity index (χ1n) is 9.48. The summed E-state index contributed by atoms with van der Waals surface area (Å²) < 4.78 is 17.3. The molecule has 0 aromatic heterocycles. The lowest BCUT2D eigenvalue weighted by molar-refractivity contribution is 0.267. The average Bonchev–Trinajstić information content (AvgIpc) is 2.69. The number of ether oxygens (including phenoxy) is 3. The van der Waals surface area contributed by atoms with Crippen LogP contribution in [0.25, 0.3) is 0 Å². The first-order valence-corrected chi connectivity index (χ1v) is 9.48. The van der Waals surface area contributed by atoms with Gasteiger partial charge >= 0.3 is 0 Å². The summed E-state index contributed by atoms with van der Waals surface area (Å²) in [5.74, 6) is 2.50. The molecule has 146 valence electrons. The van der Waals surface area contributed by atoms with Gasteiger partial charge in [0.1, 0.15) is 5.75 Å². The second-order valence-corrected chi connectivity index (χ2v) is 7.09. The molecule has 1 heterocycles. The molecule has 0 radical (unpaired) electrons. The van der Waals surface area contributed by atoms with Crippen molar-refractivity contribution >= 4 is 0 Å². The molecule has 5 nitrogen and oxygen atoms in total. The van der Waals surface area contributed by atoms with E-state index in [0.717, 1.165) is 48.7 Å². The number of para-hydroxylation sites is 1. The molecule has 3 rings (SSSR count). The van der Waals surface area contributed by atoms with Gasteiger partial charge in [-0.15, -0.1) is 0 Å². The Labute approximate surface area is 162 Å². The van der Waals surface area contributed by atoms with Crippen LogP contribution in [0.3, 0.4) is 0 Å². The van der Waals surface area contributed by atoms with E-state index in [1.807, 2.05) is 12.1 Å². The van der Waals surface area contributed by atoms with Gasteiger partial charge in [0.25, 0.3) is 0 Å². The van der Waals surface area contributed by atoms with Crippen molar-refractivity contribution < 1.29 is 14.2 Å². The normalized spacial score (nSPS) is 16.1. The summed E-state index contributed by atoms with van der Waals surface area (Å²) in [6, 6.07) is 12.5. The molecular weight excluding hydrogens is 340 g/mol. The first kappa shape index (κ1) is 19.5. The Morgan fingerprint density at radius 1 is 1.00 bits per heavy atom. The van der Waals surface area contributed by atoms with Crippen LogP contribution in [0, 0.1) is 0 Å². The van der Waals surface area contributed by atoms with Gasteiger partial charge in [-0.3, -0.25) is 0 Å². The molecule has 0 aliphatic carbocycles. The number of rotatable bonds is 8. The molecule has 2 aromatic rings. The number of hydrogen-bond donors (Lipinski definition) is 1. The Hall–Kier alpha value is -2.24. The zero-order valence-corrected chi connectivity index (χ0v) is 16.7. The van der Waals surface area contributed by atoms with Crippen LogP contribution in [0.15, 0.2) is 36.4 Å². The summed E-state index contributed by atoms with van der Waals surface area (Å²) in [5.41, 5.74) is 3.67. The van der Waals surface area contributed by atoms with Crippen molar-refractivity contribution in [1.29, 1.82) is 0 Å². The Bertz CT molecular complexity index is 761. The van der Waals surface area contributed by atoms with Crippen molar-refractivity contribution in [2.75, 3.05) is 48.0 Å². The van der Waals surface area contributed by atoms with Gasteiger partial charge in [0, 0.05) is 18.7 Å². The van der Waals surface area contributed by atoms with Crippen molar-refractivity contribution in [2.24, 2.45) is 0 Å². The fourth-order valence-electron chi connectivity index (χ4n) is 3.58. The van der Waals surface area contributed by atoms with Crippen LogP contribution in [0.5, 0.6) is 17.2 Å². The van der Waals surface area contributed by atoms with E-state index in [1.54, 1.807) is 14.2 Å². The zero-order valence-electron chi connectivity index (χ0n) is 16.7. The monoisotopic (exact) mass is 370 g/mol. The Balaban J connectivity index is 1.90. The van der Waals surface area contributed by atoms with Gasteiger partial charge in [0.05, 0.1) is 26.9 Å². The largest absolute Gasteiger partial charge is 0.496 e. The summed E-state index contributed by atoms with van der Waals surface area (Å²) in [7, 11) is 7.56. The number of benzene rings is 2. The third-order valence-electron chi connectivity index (χ3n) is 4.94. The van der Waals surface area contributed by atoms with Gasteiger partial charge < -0.3 is 24.4 Å². The van der Waals surface area contributed by atoms with Crippen LogP contribution < -0.4 is 19.5 Å². The molecule has 27 heavy (non-hydrogen) atoms. The lowest BCUT2D eigenvalue weighted by atomic mass is 9.89. The van der Waals surface area contributed by atoms with Crippen molar-refractivity contribution in [3.8, 4) is 17.2 Å². The summed E-state index contributed by atoms with van der Waals surface area (Å²) in [5, 5.41) is 3.63. The highest BCUT2D eigenvalue weighted by atomic mass is 16.5. The number of hydrogen-bond acceptors (Lipinski definition) is 5. The Kier molecular flexibility index (Phi) is 6.58. The van der Waals surface area contributed by atoms with Gasteiger partial charge in [0.15, 0.2) is 11.5 Å². The molecular formula is C22H30N2O3. The maximum absolute atomic E-state index is 6.07. The molecule has 1 aliphatic rings. The molecule has 0 fully saturated rings. The summed E-state index contributed by atoms with van der Waals surface area (Å²) in [4.78, 5) is 2.16. The summed E-state index contributed by atoms with van der Waals surface area (Å²) in [6.07, 6.45) is 1.94. The lowest BCUT2D eigenvalue weighted by Crippen LogP contribution is -2.31. The number of nitrogens with zero attached hydrogens (tertiary/aromatic N) is 1. The van der Waals surface area contributed by atoms with E-state index >= 15 is 0 Å². The minimum absolute atomic E-state index is 0.0833. The van der Waals surface area contributed by atoms with Crippen LogP contribution in [0.4, 0.5) is 0 Å². The second-order valence-electron chi connectivity index (χ2n) is 7.09. The molecule has 5 heteroatoms. The maximum atomic E-state index is 6.07. The van der Waals surface area contributed by atoms with Crippen molar-refractivity contribution in [1.82, 2.24) is 10.2 Å². The first-order chi connectivity index (χ1) is 13.1. The van der Waals surface area contributed by atoms with E-state index in [0.29, 0.717) is 6.61 Å². The molecule has 0 spiro atoms. The highest BCUT2D eigenvalue weighted by molar-refractivity contribution is 5.53. The Morgan fingerprint density at radius 2 is 1.78 bits per heavy atom. The number of nitrogens with one attached hydrogen (secondary N) is 1. The van der Waals surface area contributed by atoms with Crippen LogP contribution in [-0.4, -0.2) is 52.9 Å². The van der Waals surface area contributed by atoms with Gasteiger partial charge in [-0.1, -0.05) is 18.2 Å². The van der Waals surface area contributed by atoms with E-state index in [4.69, 9.17) is 14.2 Å². The molecule has 1 atom stereocenters. The van der Waals surface area contributed by atoms with Crippen molar-refractivity contribution in [3.63, 3.8) is 0 Å². The summed E-state index contributed by atoms with van der Waals surface area (Å²) >= 11 is 0. The molecule has 0 amide bonds. The molecule has 1 unspecified atom stereocenters. The molecule has 1 N–H and O–H groups in total. The minimum Gasteiger partial charge on any atom is -0.496 e. The van der Waals surface area contributed by atoms with Gasteiger partial charge in [-0.05, 0) is 56.3 Å². The quantitative estimate of drug-likeness (QED) is 0.723.